The molecular weight excluding hydrogens is 384 g/mol. The van der Waals surface area contributed by atoms with Gasteiger partial charge >= 0.3 is 11.9 Å². The normalized spacial score (nSPS) is 26.5. The highest BCUT2D eigenvalue weighted by Gasteiger charge is 2.28. The van der Waals surface area contributed by atoms with Gasteiger partial charge in [0, 0.05) is 12.8 Å². The number of esters is 2. The molecule has 0 radical (unpaired) electrons. The summed E-state index contributed by atoms with van der Waals surface area (Å²) in [7, 11) is 0. The highest BCUT2D eigenvalue weighted by molar-refractivity contribution is 5.70. The van der Waals surface area contributed by atoms with E-state index < -0.39 is 0 Å². The van der Waals surface area contributed by atoms with Crippen molar-refractivity contribution in [1.82, 2.24) is 0 Å². The van der Waals surface area contributed by atoms with Gasteiger partial charge < -0.3 is 19.1 Å². The van der Waals surface area contributed by atoms with Crippen molar-refractivity contribution in [3.05, 3.63) is 0 Å². The largest absolute Gasteiger partial charge is 0.462 e. The molecule has 2 rings (SSSR count). The third-order valence-corrected chi connectivity index (χ3v) is 6.43. The Morgan fingerprint density at radius 3 is 1.37 bits per heavy atom. The second-order valence-corrected chi connectivity index (χ2v) is 8.85. The third-order valence-electron chi connectivity index (χ3n) is 6.43. The first kappa shape index (κ1) is 24.5. The quantitative estimate of drug-likeness (QED) is 0.243. The summed E-state index contributed by atoms with van der Waals surface area (Å²) in [5.74, 6) is -0.630. The summed E-state index contributed by atoms with van der Waals surface area (Å²) in [5.41, 5.74) is 0. The van der Waals surface area contributed by atoms with Gasteiger partial charge in [-0.3, -0.25) is 9.59 Å². The van der Waals surface area contributed by atoms with Crippen LogP contribution in [0.1, 0.15) is 103 Å². The molecule has 6 nitrogen and oxygen atoms in total. The summed E-state index contributed by atoms with van der Waals surface area (Å²) in [6.45, 7) is 0. The first-order valence-electron chi connectivity index (χ1n) is 11.9. The molecule has 0 N–H and O–H groups in total. The Kier molecular flexibility index (Phi) is 11.7. The van der Waals surface area contributed by atoms with Crippen LogP contribution < -0.4 is 0 Å². The predicted molar refractivity (Wildman–Crippen MR) is 113 cm³/mol. The highest BCUT2D eigenvalue weighted by Crippen LogP contribution is 2.27. The van der Waals surface area contributed by atoms with Gasteiger partial charge in [-0.15, -0.1) is 0 Å². The zero-order valence-electron chi connectivity index (χ0n) is 18.2. The van der Waals surface area contributed by atoms with Crippen LogP contribution in [0.2, 0.25) is 0 Å². The minimum atomic E-state index is -0.223. The van der Waals surface area contributed by atoms with Gasteiger partial charge in [0.05, 0.1) is 11.8 Å². The summed E-state index contributed by atoms with van der Waals surface area (Å²) >= 11 is 0. The van der Waals surface area contributed by atoms with Gasteiger partial charge in [-0.05, 0) is 51.4 Å². The van der Waals surface area contributed by atoms with E-state index in [0.717, 1.165) is 102 Å². The van der Waals surface area contributed by atoms with Crippen LogP contribution in [0.5, 0.6) is 0 Å². The number of unbranched alkanes of at least 4 members (excludes halogenated alkanes) is 5. The van der Waals surface area contributed by atoms with Crippen molar-refractivity contribution >= 4 is 24.5 Å². The standard InChI is InChI=1S/C24H38O6/c25-17-19-11-7-9-13-21(19)29-23(27)15-5-3-1-2-4-6-16-24(28)30-22-14-10-8-12-20(22)18-26/h17-22H,1-16H2/t19-,20-,21+,22+/m1/s1. The fourth-order valence-corrected chi connectivity index (χ4v) is 4.56. The Balaban J connectivity index is 1.45. The molecule has 4 atom stereocenters. The van der Waals surface area contributed by atoms with Crippen molar-refractivity contribution < 1.29 is 28.7 Å². The molecule has 0 heterocycles. The van der Waals surface area contributed by atoms with Gasteiger partial charge in [0.1, 0.15) is 24.8 Å². The molecule has 170 valence electrons. The van der Waals surface area contributed by atoms with Gasteiger partial charge in [0.2, 0.25) is 0 Å². The third kappa shape index (κ3) is 8.97. The lowest BCUT2D eigenvalue weighted by Gasteiger charge is -2.27. The van der Waals surface area contributed by atoms with Crippen LogP contribution in [0.25, 0.3) is 0 Å². The Bertz CT molecular complexity index is 498. The van der Waals surface area contributed by atoms with Crippen LogP contribution in [0.3, 0.4) is 0 Å². The number of hydrogen-bond acceptors (Lipinski definition) is 6. The molecule has 0 aromatic heterocycles. The Labute approximate surface area is 180 Å². The monoisotopic (exact) mass is 422 g/mol. The SMILES string of the molecule is O=C[C@H]1CCCC[C@@H]1OC(=O)CCCCCCCCC(=O)O[C@H]1CCCC[C@@H]1C=O. The predicted octanol–water partition coefficient (Wildman–Crippen LogP) is 4.71. The van der Waals surface area contributed by atoms with Crippen molar-refractivity contribution in [1.29, 1.82) is 0 Å². The second-order valence-electron chi connectivity index (χ2n) is 8.85. The Morgan fingerprint density at radius 2 is 0.967 bits per heavy atom. The van der Waals surface area contributed by atoms with E-state index >= 15 is 0 Å². The average molecular weight is 423 g/mol. The lowest BCUT2D eigenvalue weighted by molar-refractivity contribution is -0.155. The minimum absolute atomic E-state index is 0.128. The maximum atomic E-state index is 12.0. The molecule has 0 spiro atoms. The van der Waals surface area contributed by atoms with E-state index in [0.29, 0.717) is 12.8 Å². The van der Waals surface area contributed by atoms with Crippen molar-refractivity contribution in [2.24, 2.45) is 11.8 Å². The summed E-state index contributed by atoms with van der Waals surface area (Å²) in [5, 5.41) is 0. The first-order chi connectivity index (χ1) is 14.6. The molecule has 2 aliphatic carbocycles. The second kappa shape index (κ2) is 14.3. The number of hydrogen-bond donors (Lipinski definition) is 0. The Morgan fingerprint density at radius 1 is 0.600 bits per heavy atom. The van der Waals surface area contributed by atoms with Crippen molar-refractivity contribution in [2.75, 3.05) is 0 Å². The molecule has 0 bridgehead atoms. The molecule has 2 saturated carbocycles. The van der Waals surface area contributed by atoms with Crippen LogP contribution in [-0.2, 0) is 28.7 Å². The van der Waals surface area contributed by atoms with Crippen LogP contribution >= 0.6 is 0 Å². The summed E-state index contributed by atoms with van der Waals surface area (Å²) in [6.07, 6.45) is 15.2. The molecule has 0 unspecified atom stereocenters. The highest BCUT2D eigenvalue weighted by atomic mass is 16.5. The van der Waals surface area contributed by atoms with E-state index in [-0.39, 0.29) is 36.0 Å². The first-order valence-corrected chi connectivity index (χ1v) is 11.9. The van der Waals surface area contributed by atoms with E-state index in [1.807, 2.05) is 0 Å². The minimum Gasteiger partial charge on any atom is -0.462 e. The molecule has 0 aromatic rings. The van der Waals surface area contributed by atoms with Crippen LogP contribution in [-0.4, -0.2) is 36.7 Å². The molecule has 0 aliphatic heterocycles. The van der Waals surface area contributed by atoms with E-state index in [1.165, 1.54) is 0 Å². The molecule has 2 fully saturated rings. The molecule has 0 saturated heterocycles. The maximum Gasteiger partial charge on any atom is 0.306 e. The van der Waals surface area contributed by atoms with E-state index in [9.17, 15) is 19.2 Å². The smallest absolute Gasteiger partial charge is 0.306 e. The van der Waals surface area contributed by atoms with Gasteiger partial charge in [-0.2, -0.15) is 0 Å². The average Bonchev–Trinajstić information content (AvgIpc) is 2.76. The summed E-state index contributed by atoms with van der Waals surface area (Å²) in [4.78, 5) is 46.1. The van der Waals surface area contributed by atoms with Gasteiger partial charge in [0.25, 0.3) is 0 Å². The van der Waals surface area contributed by atoms with Crippen molar-refractivity contribution in [3.8, 4) is 0 Å². The number of carbonyl (C=O) groups is 4. The topological polar surface area (TPSA) is 86.7 Å². The van der Waals surface area contributed by atoms with Crippen LogP contribution in [0.15, 0.2) is 0 Å². The molecule has 2 aliphatic rings. The fraction of sp³-hybridized carbons (Fsp3) is 0.833. The zero-order valence-corrected chi connectivity index (χ0v) is 18.2. The Hall–Kier alpha value is -1.72. The number of rotatable bonds is 13. The van der Waals surface area contributed by atoms with E-state index in [2.05, 4.69) is 0 Å². The van der Waals surface area contributed by atoms with Crippen molar-refractivity contribution in [3.63, 3.8) is 0 Å². The van der Waals surface area contributed by atoms with E-state index in [4.69, 9.17) is 9.47 Å². The number of carbonyl (C=O) groups excluding carboxylic acids is 4. The molecule has 30 heavy (non-hydrogen) atoms. The van der Waals surface area contributed by atoms with Crippen molar-refractivity contribution in [2.45, 2.75) is 115 Å². The lowest BCUT2D eigenvalue weighted by Crippen LogP contribution is -2.30. The molecule has 6 heteroatoms. The van der Waals surface area contributed by atoms with Gasteiger partial charge in [-0.1, -0.05) is 38.5 Å². The summed E-state index contributed by atoms with van der Waals surface area (Å²) < 4.78 is 11.0. The lowest BCUT2D eigenvalue weighted by atomic mass is 9.87. The fourth-order valence-electron chi connectivity index (χ4n) is 4.56. The molecular formula is C24H38O6. The number of ether oxygens (including phenoxy) is 2. The summed E-state index contributed by atoms with van der Waals surface area (Å²) in [6, 6.07) is 0. The maximum absolute atomic E-state index is 12.0. The zero-order chi connectivity index (χ0) is 21.6. The molecule has 0 aromatic carbocycles. The van der Waals surface area contributed by atoms with Gasteiger partial charge in [0.15, 0.2) is 0 Å². The van der Waals surface area contributed by atoms with Crippen LogP contribution in [0, 0.1) is 11.8 Å². The number of aldehydes is 2. The molecule has 0 amide bonds. The van der Waals surface area contributed by atoms with E-state index in [1.54, 1.807) is 0 Å². The van der Waals surface area contributed by atoms with Crippen LogP contribution in [0.4, 0.5) is 0 Å². The van der Waals surface area contributed by atoms with Gasteiger partial charge in [-0.25, -0.2) is 0 Å².